The first kappa shape index (κ1) is 78.6. The SMILES string of the molecule is CC(=O)N[C@@H]1CC(=O)N[C@H](C)C(=O)NCCC[C@H](C(=O)N[C@@H](CO)C(=O)N[C@@H](Cc2ccc(O)cc2)C(=O)N[C@H](Cc2ccc3ccccc3c2)C(=O)N[C@@H](CC(C)C)C(=O)N[C@@H](CCCN=C(N)N)C(=O)N2CCC[C@H]2C(=O)N[C@H](C)C(N)=O)NC(=O)[C@@H](Cc2ccc(Cl)cc2)NC1=O. The number of likely N-dealkylation sites (tertiary alicyclic amines) is 1. The van der Waals surface area contributed by atoms with E-state index in [1.165, 1.54) is 55.1 Å². The number of halogens is 1. The minimum Gasteiger partial charge on any atom is -0.508 e. The average molecular weight is 1410 g/mol. The van der Waals surface area contributed by atoms with Crippen molar-refractivity contribution in [2.24, 2.45) is 28.1 Å². The Morgan fingerprint density at radius 2 is 1.26 bits per heavy atom. The molecule has 0 aromatic heterocycles. The molecular formula is C68H91ClN16O15. The predicted molar refractivity (Wildman–Crippen MR) is 368 cm³/mol. The molecule has 2 fully saturated rings. The smallest absolute Gasteiger partial charge is 0.245 e. The van der Waals surface area contributed by atoms with Gasteiger partial charge in [0, 0.05) is 50.8 Å². The number of amides is 13. The maximum atomic E-state index is 15.1. The first-order valence-electron chi connectivity index (χ1n) is 33.0. The molecule has 0 radical (unpaired) electrons. The van der Waals surface area contributed by atoms with Crippen molar-refractivity contribution in [2.75, 3.05) is 26.2 Å². The van der Waals surface area contributed by atoms with Crippen molar-refractivity contribution in [3.63, 3.8) is 0 Å². The molecule has 31 nitrogen and oxygen atoms in total. The van der Waals surface area contributed by atoms with Gasteiger partial charge < -0.3 is 90.8 Å². The Balaban J connectivity index is 1.30. The zero-order chi connectivity index (χ0) is 73.3. The second-order valence-electron chi connectivity index (χ2n) is 25.3. The minimum atomic E-state index is -1.86. The number of primary amides is 1. The average Bonchev–Trinajstić information content (AvgIpc) is 1.51. The van der Waals surface area contributed by atoms with Gasteiger partial charge in [0.05, 0.1) is 13.0 Å². The first-order valence-corrected chi connectivity index (χ1v) is 33.4. The van der Waals surface area contributed by atoms with Crippen LogP contribution in [-0.4, -0.2) is 191 Å². The van der Waals surface area contributed by atoms with E-state index < -0.39 is 156 Å². The van der Waals surface area contributed by atoms with Crippen LogP contribution >= 0.6 is 11.6 Å². The molecule has 0 spiro atoms. The van der Waals surface area contributed by atoms with Crippen molar-refractivity contribution >= 4 is 105 Å². The quantitative estimate of drug-likeness (QED) is 0.0166. The molecule has 6 rings (SSSR count). The Hall–Kier alpha value is -10.4. The number of benzene rings is 4. The summed E-state index contributed by atoms with van der Waals surface area (Å²) in [5.41, 5.74) is 18.0. The van der Waals surface area contributed by atoms with Crippen LogP contribution in [0.2, 0.25) is 5.02 Å². The van der Waals surface area contributed by atoms with Crippen LogP contribution in [0.15, 0.2) is 96.0 Å². The maximum absolute atomic E-state index is 15.1. The molecule has 2 saturated heterocycles. The molecule has 0 unspecified atom stereocenters. The number of hydrogen-bond donors (Lipinski definition) is 16. The molecule has 4 aromatic rings. The lowest BCUT2D eigenvalue weighted by molar-refractivity contribution is -0.142. The zero-order valence-electron chi connectivity index (χ0n) is 56.4. The summed E-state index contributed by atoms with van der Waals surface area (Å²) >= 11 is 6.15. The summed E-state index contributed by atoms with van der Waals surface area (Å²) in [5.74, 6) is -11.6. The number of carbonyl (C=O) groups is 13. The number of hydrogen-bond acceptors (Lipinski definition) is 16. The molecular weight excluding hydrogens is 1320 g/mol. The Morgan fingerprint density at radius 1 is 0.660 bits per heavy atom. The van der Waals surface area contributed by atoms with Crippen molar-refractivity contribution in [1.29, 1.82) is 0 Å². The van der Waals surface area contributed by atoms with Gasteiger partial charge in [-0.05, 0) is 116 Å². The number of carbonyl (C=O) groups excluding carboxylic acids is 13. The fourth-order valence-electron chi connectivity index (χ4n) is 11.3. The van der Waals surface area contributed by atoms with Crippen molar-refractivity contribution in [3.8, 4) is 5.75 Å². The number of aliphatic hydroxyl groups excluding tert-OH is 1. The molecule has 100 heavy (non-hydrogen) atoms. The molecule has 32 heteroatoms. The highest BCUT2D eigenvalue weighted by molar-refractivity contribution is 6.30. The van der Waals surface area contributed by atoms with Gasteiger partial charge in [0.15, 0.2) is 5.96 Å². The number of rotatable bonds is 28. The van der Waals surface area contributed by atoms with Gasteiger partial charge in [-0.25, -0.2) is 0 Å². The molecule has 2 aliphatic rings. The fraction of sp³-hybridized carbons (Fsp3) is 0.471. The number of guanidine groups is 1. The van der Waals surface area contributed by atoms with Gasteiger partial charge >= 0.3 is 0 Å². The van der Waals surface area contributed by atoms with E-state index in [-0.39, 0.29) is 95.0 Å². The second kappa shape index (κ2) is 38.1. The highest BCUT2D eigenvalue weighted by Gasteiger charge is 2.41. The third-order valence-electron chi connectivity index (χ3n) is 16.7. The third-order valence-corrected chi connectivity index (χ3v) is 16.9. The molecule has 13 amide bonds. The zero-order valence-corrected chi connectivity index (χ0v) is 57.2. The number of aromatic hydroxyl groups is 1. The number of nitrogens with one attached hydrogen (secondary N) is 11. The molecule has 2 aliphatic heterocycles. The Morgan fingerprint density at radius 3 is 1.89 bits per heavy atom. The van der Waals surface area contributed by atoms with Crippen LogP contribution in [0.3, 0.4) is 0 Å². The van der Waals surface area contributed by atoms with Crippen LogP contribution in [0.5, 0.6) is 5.75 Å². The number of aliphatic hydroxyl groups is 1. The van der Waals surface area contributed by atoms with Gasteiger partial charge in [-0.1, -0.05) is 92.2 Å². The summed E-state index contributed by atoms with van der Waals surface area (Å²) in [6.45, 7) is 6.46. The van der Waals surface area contributed by atoms with E-state index in [4.69, 9.17) is 28.8 Å². The number of phenols is 1. The van der Waals surface area contributed by atoms with Gasteiger partial charge in [-0.15, -0.1) is 0 Å². The lowest BCUT2D eigenvalue weighted by Crippen LogP contribution is -2.61. The molecule has 0 aliphatic carbocycles. The van der Waals surface area contributed by atoms with E-state index in [2.05, 4.69) is 63.5 Å². The van der Waals surface area contributed by atoms with Gasteiger partial charge in [0.25, 0.3) is 0 Å². The van der Waals surface area contributed by atoms with Crippen LogP contribution in [0.1, 0.15) is 103 Å². The van der Waals surface area contributed by atoms with E-state index in [1.54, 1.807) is 38.1 Å². The largest absolute Gasteiger partial charge is 0.508 e. The lowest BCUT2D eigenvalue weighted by Gasteiger charge is -2.31. The highest BCUT2D eigenvalue weighted by atomic mass is 35.5. The van der Waals surface area contributed by atoms with Gasteiger partial charge in [-0.2, -0.15) is 0 Å². The highest BCUT2D eigenvalue weighted by Crippen LogP contribution is 2.22. The number of aliphatic imine (C=N–C) groups is 1. The summed E-state index contributed by atoms with van der Waals surface area (Å²) in [6.07, 6.45) is -0.827. The molecule has 19 N–H and O–H groups in total. The number of nitrogens with zero attached hydrogens (tertiary/aromatic N) is 2. The third kappa shape index (κ3) is 24.5. The molecule has 2 heterocycles. The Bertz CT molecular complexity index is 3630. The second-order valence-corrected chi connectivity index (χ2v) is 25.7. The summed E-state index contributed by atoms with van der Waals surface area (Å²) in [7, 11) is 0. The van der Waals surface area contributed by atoms with E-state index in [9.17, 15) is 63.0 Å². The first-order chi connectivity index (χ1) is 47.5. The van der Waals surface area contributed by atoms with E-state index in [0.29, 0.717) is 28.1 Å². The van der Waals surface area contributed by atoms with Gasteiger partial charge in [0.1, 0.15) is 72.2 Å². The fourth-order valence-corrected chi connectivity index (χ4v) is 11.5. The van der Waals surface area contributed by atoms with Crippen molar-refractivity contribution in [1.82, 2.24) is 63.4 Å². The van der Waals surface area contributed by atoms with Crippen LogP contribution < -0.4 is 75.7 Å². The minimum absolute atomic E-state index is 0.00114. The van der Waals surface area contributed by atoms with Gasteiger partial charge in [-0.3, -0.25) is 67.3 Å². The number of fused-ring (bicyclic) bond motifs is 1. The number of phenolic OH excluding ortho intramolecular Hbond substituents is 1. The van der Waals surface area contributed by atoms with Crippen molar-refractivity contribution in [2.45, 2.75) is 172 Å². The standard InChI is InChI=1S/C68H91ClN16O15/c1-36(2)29-49(60(93)79-48(14-9-27-74-68(71)72)67(100)85-28-10-15-55(85)66(99)76-37(3)57(70)90)80-63(96)52(33-42-16-21-43-11-6-7-12-44(43)30-42)82-62(95)51(32-41-19-24-46(88)25-20-41)83-65(98)54(35-86)84-59(92)47-13-8-26-73-58(91)38(4)75-56(89)34-53(77-39(5)87)64(97)81-50(61(94)78-47)31-40-17-22-45(69)23-18-40/h6-7,11-12,16-25,30,36-38,47-55,86,88H,8-10,13-15,26-29,31-35H2,1-5H3,(H2,70,90)(H,73,91)(H,75,89)(H,76,99)(H,77,87)(H,78,94)(H,79,93)(H,80,96)(H,81,97)(H,82,95)(H,83,98)(H,84,92)(H4,71,72,74)/t37-,38-,47-,48+,49+,50-,51+,52-,53-,54+,55+/m1/s1. The normalized spacial score (nSPS) is 19.4. The molecule has 11 atom stereocenters. The monoisotopic (exact) mass is 1410 g/mol. The number of nitrogens with two attached hydrogens (primary N) is 3. The van der Waals surface area contributed by atoms with Crippen LogP contribution in [0.4, 0.5) is 0 Å². The van der Waals surface area contributed by atoms with E-state index in [0.717, 1.165) is 17.7 Å². The van der Waals surface area contributed by atoms with E-state index >= 15 is 9.59 Å². The summed E-state index contributed by atoms with van der Waals surface area (Å²) in [4.78, 5) is 186. The summed E-state index contributed by atoms with van der Waals surface area (Å²) < 4.78 is 0. The Kier molecular flexibility index (Phi) is 29.9. The van der Waals surface area contributed by atoms with Crippen LogP contribution in [0, 0.1) is 5.92 Å². The Labute approximate surface area is 583 Å². The molecule has 0 saturated carbocycles. The molecule has 0 bridgehead atoms. The molecule has 4 aromatic carbocycles. The van der Waals surface area contributed by atoms with Crippen LogP contribution in [0.25, 0.3) is 10.8 Å². The molecule has 540 valence electrons. The lowest BCUT2D eigenvalue weighted by atomic mass is 9.98. The van der Waals surface area contributed by atoms with E-state index in [1.807, 2.05) is 30.3 Å². The summed E-state index contributed by atoms with van der Waals surface area (Å²) in [6, 6.07) is 9.05. The van der Waals surface area contributed by atoms with Gasteiger partial charge in [0.2, 0.25) is 76.8 Å². The van der Waals surface area contributed by atoms with Crippen molar-refractivity contribution < 1.29 is 72.5 Å². The summed E-state index contributed by atoms with van der Waals surface area (Å²) in [5, 5.41) is 51.7. The van der Waals surface area contributed by atoms with Crippen molar-refractivity contribution in [3.05, 3.63) is 113 Å². The van der Waals surface area contributed by atoms with Crippen LogP contribution in [-0.2, 0) is 81.6 Å². The topological polar surface area (TPSA) is 488 Å². The maximum Gasteiger partial charge on any atom is 0.245 e. The predicted octanol–water partition coefficient (Wildman–Crippen LogP) is -2.00.